The normalized spacial score (nSPS) is 11.9. The number of unbranched alkanes of at least 4 members (excludes halogenated alkanes) is 19. The fourth-order valence-electron chi connectivity index (χ4n) is 9.43. The largest absolute Gasteiger partial charge is 0.480 e. The minimum absolute atomic E-state index is 0.0205. The molecule has 4 aromatic carbocycles. The molecule has 15 heteroatoms. The SMILES string of the molecule is CCCCCCCCCCCCCCCC(=O)NCC(NC(=O)CCCCCCCCCCC(=O)NCc1ccc2ccc3cccc4ccc1c2c34)C(=O)NCCOCCOCCN(CC(=O)O)CC(=O)O. The third-order valence-corrected chi connectivity index (χ3v) is 13.5. The molecule has 0 spiro atoms. The molecule has 4 aromatic rings. The van der Waals surface area contributed by atoms with Crippen molar-refractivity contribution in [1.29, 1.82) is 0 Å². The van der Waals surface area contributed by atoms with Crippen LogP contribution in [0.3, 0.4) is 0 Å². The van der Waals surface area contributed by atoms with E-state index < -0.39 is 37.0 Å². The molecule has 0 aliphatic rings. The van der Waals surface area contributed by atoms with Gasteiger partial charge in [0.05, 0.1) is 39.5 Å². The number of carbonyl (C=O) groups is 6. The van der Waals surface area contributed by atoms with Gasteiger partial charge in [-0.3, -0.25) is 33.7 Å². The highest BCUT2D eigenvalue weighted by Crippen LogP contribution is 2.36. The Bertz CT molecular complexity index is 2200. The van der Waals surface area contributed by atoms with Gasteiger partial charge in [0.15, 0.2) is 0 Å². The van der Waals surface area contributed by atoms with Crippen molar-refractivity contribution in [3.63, 3.8) is 0 Å². The summed E-state index contributed by atoms with van der Waals surface area (Å²) < 4.78 is 11.0. The van der Waals surface area contributed by atoms with E-state index in [1.165, 1.54) is 101 Å². The third kappa shape index (κ3) is 24.9. The smallest absolute Gasteiger partial charge is 0.317 e. The molecule has 0 fully saturated rings. The van der Waals surface area contributed by atoms with E-state index in [0.29, 0.717) is 25.8 Å². The number of ether oxygens (including phenoxy) is 2. The Labute approximate surface area is 434 Å². The molecule has 0 aliphatic carbocycles. The molecular formula is C58H87N5O10. The van der Waals surface area contributed by atoms with Crippen LogP contribution in [0.2, 0.25) is 0 Å². The number of carboxylic acid groups (broad SMARTS) is 2. The molecule has 404 valence electrons. The number of hydrogen-bond acceptors (Lipinski definition) is 9. The van der Waals surface area contributed by atoms with Gasteiger partial charge in [-0.15, -0.1) is 0 Å². The molecule has 0 saturated carbocycles. The van der Waals surface area contributed by atoms with Gasteiger partial charge in [-0.1, -0.05) is 177 Å². The summed E-state index contributed by atoms with van der Waals surface area (Å²) in [5, 5.41) is 37.0. The van der Waals surface area contributed by atoms with E-state index >= 15 is 0 Å². The molecule has 0 bridgehead atoms. The molecule has 15 nitrogen and oxygen atoms in total. The second kappa shape index (κ2) is 36.5. The van der Waals surface area contributed by atoms with Crippen molar-refractivity contribution in [3.05, 3.63) is 60.2 Å². The van der Waals surface area contributed by atoms with Gasteiger partial charge in [-0.05, 0) is 57.1 Å². The average molecular weight is 1010 g/mol. The van der Waals surface area contributed by atoms with Crippen LogP contribution in [0.1, 0.15) is 167 Å². The summed E-state index contributed by atoms with van der Waals surface area (Å²) >= 11 is 0. The number of hydrogen-bond donors (Lipinski definition) is 6. The molecule has 0 heterocycles. The van der Waals surface area contributed by atoms with Crippen LogP contribution in [0.15, 0.2) is 54.6 Å². The molecule has 6 N–H and O–H groups in total. The van der Waals surface area contributed by atoms with Crippen molar-refractivity contribution in [2.24, 2.45) is 0 Å². The van der Waals surface area contributed by atoms with Crippen molar-refractivity contribution in [2.45, 2.75) is 174 Å². The van der Waals surface area contributed by atoms with Gasteiger partial charge >= 0.3 is 11.9 Å². The number of rotatable bonds is 44. The fraction of sp³-hybridized carbons (Fsp3) is 0.621. The Morgan fingerprint density at radius 1 is 0.507 bits per heavy atom. The Hall–Kier alpha value is -5.38. The Morgan fingerprint density at radius 3 is 1.52 bits per heavy atom. The molecule has 4 amide bonds. The predicted octanol–water partition coefficient (Wildman–Crippen LogP) is 9.80. The van der Waals surface area contributed by atoms with E-state index in [0.717, 1.165) is 69.8 Å². The van der Waals surface area contributed by atoms with Crippen LogP contribution in [0.5, 0.6) is 0 Å². The van der Waals surface area contributed by atoms with Crippen molar-refractivity contribution >= 4 is 67.9 Å². The van der Waals surface area contributed by atoms with Crippen LogP contribution >= 0.6 is 0 Å². The molecule has 4 rings (SSSR count). The van der Waals surface area contributed by atoms with Crippen molar-refractivity contribution < 1.29 is 48.5 Å². The molecule has 0 aliphatic heterocycles. The molecule has 0 radical (unpaired) electrons. The van der Waals surface area contributed by atoms with Gasteiger partial charge in [0.2, 0.25) is 23.6 Å². The van der Waals surface area contributed by atoms with Crippen LogP contribution in [-0.2, 0) is 44.8 Å². The first-order valence-corrected chi connectivity index (χ1v) is 27.6. The highest BCUT2D eigenvalue weighted by molar-refractivity contribution is 6.23. The lowest BCUT2D eigenvalue weighted by atomic mass is 9.92. The van der Waals surface area contributed by atoms with Crippen LogP contribution in [0.25, 0.3) is 32.3 Å². The van der Waals surface area contributed by atoms with E-state index in [9.17, 15) is 28.8 Å². The summed E-state index contributed by atoms with van der Waals surface area (Å²) in [6.07, 6.45) is 24.5. The minimum atomic E-state index is -1.13. The summed E-state index contributed by atoms with van der Waals surface area (Å²) in [6.45, 7) is 2.91. The second-order valence-corrected chi connectivity index (χ2v) is 19.6. The first kappa shape index (κ1) is 60.2. The van der Waals surface area contributed by atoms with E-state index in [2.05, 4.69) is 82.8 Å². The van der Waals surface area contributed by atoms with Gasteiger partial charge in [-0.25, -0.2) is 0 Å². The monoisotopic (exact) mass is 1010 g/mol. The number of nitrogens with one attached hydrogen (secondary N) is 4. The molecule has 0 aromatic heterocycles. The minimum Gasteiger partial charge on any atom is -0.480 e. The first-order valence-electron chi connectivity index (χ1n) is 27.6. The van der Waals surface area contributed by atoms with Gasteiger partial charge in [0.25, 0.3) is 0 Å². The molecule has 1 atom stereocenters. The third-order valence-electron chi connectivity index (χ3n) is 13.5. The van der Waals surface area contributed by atoms with Gasteiger partial charge < -0.3 is 41.0 Å². The van der Waals surface area contributed by atoms with Crippen molar-refractivity contribution in [1.82, 2.24) is 26.2 Å². The second-order valence-electron chi connectivity index (χ2n) is 19.6. The van der Waals surface area contributed by atoms with E-state index in [1.54, 1.807) is 0 Å². The number of nitrogens with zero attached hydrogens (tertiary/aromatic N) is 1. The van der Waals surface area contributed by atoms with Crippen LogP contribution in [-0.4, -0.2) is 116 Å². The number of aliphatic carboxylic acids is 2. The van der Waals surface area contributed by atoms with Gasteiger partial charge in [0, 0.05) is 45.4 Å². The zero-order valence-corrected chi connectivity index (χ0v) is 43.9. The zero-order chi connectivity index (χ0) is 52.3. The van der Waals surface area contributed by atoms with Gasteiger partial charge in [-0.2, -0.15) is 0 Å². The molecular weight excluding hydrogens is 927 g/mol. The summed E-state index contributed by atoms with van der Waals surface area (Å²) in [4.78, 5) is 75.1. The molecule has 1 unspecified atom stereocenters. The van der Waals surface area contributed by atoms with E-state index in [4.69, 9.17) is 19.7 Å². The fourth-order valence-corrected chi connectivity index (χ4v) is 9.43. The topological polar surface area (TPSA) is 213 Å². The summed E-state index contributed by atoms with van der Waals surface area (Å²) in [7, 11) is 0. The quantitative estimate of drug-likeness (QED) is 0.0181. The maximum absolute atomic E-state index is 13.3. The number of carbonyl (C=O) groups excluding carboxylic acids is 4. The first-order chi connectivity index (χ1) is 35.5. The van der Waals surface area contributed by atoms with Crippen molar-refractivity contribution in [3.8, 4) is 0 Å². The maximum Gasteiger partial charge on any atom is 0.317 e. The maximum atomic E-state index is 13.3. The highest BCUT2D eigenvalue weighted by atomic mass is 16.5. The Balaban J connectivity index is 1.07. The van der Waals surface area contributed by atoms with Crippen LogP contribution in [0.4, 0.5) is 0 Å². The standard InChI is InChI=1S/C58H87N5O10/c1-2-3-4-5-6-7-8-9-10-11-14-18-21-27-52(65)61-42-50(58(71)59-35-37-72-39-40-73-38-36-63(43-54(67)68)44-55(69)70)62-53(66)28-22-19-16-13-12-15-17-20-26-51(64)60-41-48-32-31-47-30-29-45-24-23-25-46-33-34-49(48)57(47)56(45)46/h23-25,29-34,50H,2-22,26-28,35-44H2,1H3,(H,59,71)(H,60,64)(H,61,65)(H,62,66)(H,67,68)(H,69,70). The zero-order valence-electron chi connectivity index (χ0n) is 43.9. The average Bonchev–Trinajstić information content (AvgIpc) is 3.37. The van der Waals surface area contributed by atoms with Crippen molar-refractivity contribution in [2.75, 3.05) is 59.2 Å². The summed E-state index contributed by atoms with van der Waals surface area (Å²) in [5.74, 6) is -3.00. The Kier molecular flexibility index (Phi) is 30.1. The number of carboxylic acids is 2. The highest BCUT2D eigenvalue weighted by Gasteiger charge is 2.21. The number of benzene rings is 4. The lowest BCUT2D eigenvalue weighted by Gasteiger charge is -2.19. The lowest BCUT2D eigenvalue weighted by Crippen LogP contribution is -2.53. The lowest BCUT2D eigenvalue weighted by molar-refractivity contribution is -0.142. The Morgan fingerprint density at radius 2 is 0.973 bits per heavy atom. The van der Waals surface area contributed by atoms with Crippen LogP contribution < -0.4 is 21.3 Å². The predicted molar refractivity (Wildman–Crippen MR) is 290 cm³/mol. The summed E-state index contributed by atoms with van der Waals surface area (Å²) in [5.41, 5.74) is 1.13. The van der Waals surface area contributed by atoms with Crippen LogP contribution in [0, 0.1) is 0 Å². The summed E-state index contributed by atoms with van der Waals surface area (Å²) in [6, 6.07) is 18.4. The molecule has 0 saturated heterocycles. The molecule has 73 heavy (non-hydrogen) atoms. The van der Waals surface area contributed by atoms with Gasteiger partial charge in [0.1, 0.15) is 6.04 Å². The van der Waals surface area contributed by atoms with E-state index in [1.807, 2.05) is 0 Å². The number of amides is 4. The van der Waals surface area contributed by atoms with E-state index in [-0.39, 0.29) is 70.2 Å².